The van der Waals surface area contributed by atoms with Crippen molar-refractivity contribution in [3.05, 3.63) is 27.8 Å². The van der Waals surface area contributed by atoms with E-state index in [-0.39, 0.29) is 49.4 Å². The molecule has 24 heavy (non-hydrogen) atoms. The van der Waals surface area contributed by atoms with Gasteiger partial charge in [-0.2, -0.15) is 0 Å². The molecule has 1 aromatic carbocycles. The van der Waals surface area contributed by atoms with Crippen LogP contribution in [0.1, 0.15) is 12.0 Å². The highest BCUT2D eigenvalue weighted by Gasteiger charge is 2.19. The maximum absolute atomic E-state index is 11.8. The quantitative estimate of drug-likeness (QED) is 0.472. The minimum Gasteiger partial charge on any atom is -0.493 e. The summed E-state index contributed by atoms with van der Waals surface area (Å²) in [6, 6.07) is 2.85. The Bertz CT molecular complexity index is 575. The highest BCUT2D eigenvalue weighted by atomic mass is 16.6. The second kappa shape index (κ2) is 9.68. The van der Waals surface area contributed by atoms with Gasteiger partial charge < -0.3 is 25.3 Å². The molecule has 1 rings (SSSR count). The Kier molecular flexibility index (Phi) is 7.93. The number of hydrogen-bond donors (Lipinski definition) is 2. The third-order valence-electron chi connectivity index (χ3n) is 3.51. The SMILES string of the molecule is COc1cc(CCNC(=O)CC(CN)OC)c([N+](=O)[O-])cc1OC. The zero-order valence-corrected chi connectivity index (χ0v) is 14.0. The van der Waals surface area contributed by atoms with Gasteiger partial charge >= 0.3 is 0 Å². The van der Waals surface area contributed by atoms with E-state index in [4.69, 9.17) is 19.9 Å². The highest BCUT2D eigenvalue weighted by Crippen LogP contribution is 2.34. The van der Waals surface area contributed by atoms with Gasteiger partial charge in [0.1, 0.15) is 0 Å². The number of ether oxygens (including phenoxy) is 3. The molecular weight excluding hydrogens is 318 g/mol. The molecule has 0 fully saturated rings. The highest BCUT2D eigenvalue weighted by molar-refractivity contribution is 5.76. The van der Waals surface area contributed by atoms with Crippen LogP contribution in [0.4, 0.5) is 5.69 Å². The Morgan fingerprint density at radius 1 is 1.29 bits per heavy atom. The summed E-state index contributed by atoms with van der Waals surface area (Å²) < 4.78 is 15.3. The monoisotopic (exact) mass is 341 g/mol. The molecular formula is C15H23N3O6. The van der Waals surface area contributed by atoms with Crippen molar-refractivity contribution in [2.24, 2.45) is 5.73 Å². The molecule has 0 saturated carbocycles. The Morgan fingerprint density at radius 3 is 2.42 bits per heavy atom. The van der Waals surface area contributed by atoms with Crippen LogP contribution in [-0.4, -0.2) is 51.4 Å². The first-order valence-electron chi connectivity index (χ1n) is 7.35. The van der Waals surface area contributed by atoms with E-state index in [1.165, 1.54) is 27.4 Å². The van der Waals surface area contributed by atoms with Crippen molar-refractivity contribution in [1.29, 1.82) is 0 Å². The number of nitrogens with two attached hydrogens (primary N) is 1. The van der Waals surface area contributed by atoms with Gasteiger partial charge in [0, 0.05) is 25.8 Å². The number of methoxy groups -OCH3 is 3. The van der Waals surface area contributed by atoms with Gasteiger partial charge in [0.25, 0.3) is 5.69 Å². The van der Waals surface area contributed by atoms with Gasteiger partial charge in [-0.1, -0.05) is 0 Å². The van der Waals surface area contributed by atoms with Crippen LogP contribution in [0.2, 0.25) is 0 Å². The maximum Gasteiger partial charge on any atom is 0.276 e. The van der Waals surface area contributed by atoms with Crippen molar-refractivity contribution in [1.82, 2.24) is 5.32 Å². The molecule has 0 saturated heterocycles. The lowest BCUT2D eigenvalue weighted by atomic mass is 10.1. The molecule has 134 valence electrons. The van der Waals surface area contributed by atoms with Crippen LogP contribution in [0.3, 0.4) is 0 Å². The molecule has 0 heterocycles. The lowest BCUT2D eigenvalue weighted by Gasteiger charge is -2.13. The number of nitrogens with zero attached hydrogens (tertiary/aromatic N) is 1. The minimum atomic E-state index is -0.492. The predicted octanol–water partition coefficient (Wildman–Crippen LogP) is 0.635. The van der Waals surface area contributed by atoms with Gasteiger partial charge in [-0.3, -0.25) is 14.9 Å². The number of hydrogen-bond acceptors (Lipinski definition) is 7. The summed E-state index contributed by atoms with van der Waals surface area (Å²) in [6.45, 7) is 0.487. The number of carbonyl (C=O) groups excluding carboxylic acids is 1. The first-order valence-corrected chi connectivity index (χ1v) is 7.35. The van der Waals surface area contributed by atoms with Crippen LogP contribution >= 0.6 is 0 Å². The lowest BCUT2D eigenvalue weighted by Crippen LogP contribution is -2.33. The van der Waals surface area contributed by atoms with E-state index in [0.29, 0.717) is 11.3 Å². The van der Waals surface area contributed by atoms with E-state index < -0.39 is 4.92 Å². The molecule has 9 nitrogen and oxygen atoms in total. The molecule has 0 aliphatic rings. The number of nitro benzene ring substituents is 1. The molecule has 1 aromatic rings. The smallest absolute Gasteiger partial charge is 0.276 e. The van der Waals surface area contributed by atoms with Crippen molar-refractivity contribution in [3.8, 4) is 11.5 Å². The lowest BCUT2D eigenvalue weighted by molar-refractivity contribution is -0.385. The van der Waals surface area contributed by atoms with Gasteiger partial charge in [-0.15, -0.1) is 0 Å². The molecule has 0 spiro atoms. The van der Waals surface area contributed by atoms with Gasteiger partial charge in [-0.25, -0.2) is 0 Å². The summed E-state index contributed by atoms with van der Waals surface area (Å²) in [7, 11) is 4.34. The van der Waals surface area contributed by atoms with Crippen LogP contribution in [0.5, 0.6) is 11.5 Å². The maximum atomic E-state index is 11.8. The van der Waals surface area contributed by atoms with Crippen molar-refractivity contribution in [2.75, 3.05) is 34.4 Å². The summed E-state index contributed by atoms with van der Waals surface area (Å²) in [5.74, 6) is 0.449. The van der Waals surface area contributed by atoms with Crippen molar-refractivity contribution in [2.45, 2.75) is 18.9 Å². The number of amides is 1. The molecule has 1 atom stereocenters. The Balaban J connectivity index is 2.76. The van der Waals surface area contributed by atoms with Crippen LogP contribution in [-0.2, 0) is 16.0 Å². The van der Waals surface area contributed by atoms with Gasteiger partial charge in [0.05, 0.1) is 37.7 Å². The van der Waals surface area contributed by atoms with E-state index in [1.54, 1.807) is 6.07 Å². The average Bonchev–Trinajstić information content (AvgIpc) is 2.58. The Morgan fingerprint density at radius 2 is 1.92 bits per heavy atom. The zero-order chi connectivity index (χ0) is 18.1. The molecule has 0 aromatic heterocycles. The molecule has 1 amide bonds. The van der Waals surface area contributed by atoms with E-state index in [0.717, 1.165) is 0 Å². The van der Waals surface area contributed by atoms with Crippen LogP contribution in [0.15, 0.2) is 12.1 Å². The number of nitro groups is 1. The standard InChI is InChI=1S/C15H23N3O6/c1-22-11(9-16)7-15(19)17-5-4-10-6-13(23-2)14(24-3)8-12(10)18(20)21/h6,8,11H,4-5,7,9,16H2,1-3H3,(H,17,19). The van der Waals surface area contributed by atoms with Crippen molar-refractivity contribution >= 4 is 11.6 Å². The number of nitrogens with one attached hydrogen (secondary N) is 1. The van der Waals surface area contributed by atoms with Crippen LogP contribution < -0.4 is 20.5 Å². The number of benzene rings is 1. The largest absolute Gasteiger partial charge is 0.493 e. The Hall–Kier alpha value is -2.39. The average molecular weight is 341 g/mol. The zero-order valence-electron chi connectivity index (χ0n) is 14.0. The summed E-state index contributed by atoms with van der Waals surface area (Å²) >= 11 is 0. The van der Waals surface area contributed by atoms with Crippen molar-refractivity contribution in [3.63, 3.8) is 0 Å². The summed E-state index contributed by atoms with van der Waals surface area (Å²) in [5, 5.41) is 13.9. The molecule has 0 aliphatic heterocycles. The normalized spacial score (nSPS) is 11.7. The molecule has 0 radical (unpaired) electrons. The molecule has 1 unspecified atom stereocenters. The summed E-state index contributed by atoms with van der Waals surface area (Å²) in [4.78, 5) is 22.5. The minimum absolute atomic E-state index is 0.0846. The second-order valence-electron chi connectivity index (χ2n) is 4.99. The van der Waals surface area contributed by atoms with Crippen molar-refractivity contribution < 1.29 is 23.9 Å². The van der Waals surface area contributed by atoms with Gasteiger partial charge in [0.2, 0.25) is 5.91 Å². The van der Waals surface area contributed by atoms with E-state index in [9.17, 15) is 14.9 Å². The second-order valence-corrected chi connectivity index (χ2v) is 4.99. The first kappa shape index (κ1) is 19.7. The fraction of sp³-hybridized carbons (Fsp3) is 0.533. The molecule has 0 aliphatic carbocycles. The van der Waals surface area contributed by atoms with Crippen LogP contribution in [0, 0.1) is 10.1 Å². The number of carbonyl (C=O) groups is 1. The van der Waals surface area contributed by atoms with Gasteiger partial charge in [0.15, 0.2) is 11.5 Å². The molecule has 0 bridgehead atoms. The molecule has 9 heteroatoms. The van der Waals surface area contributed by atoms with Gasteiger partial charge in [-0.05, 0) is 12.5 Å². The third kappa shape index (κ3) is 5.36. The number of rotatable bonds is 10. The third-order valence-corrected chi connectivity index (χ3v) is 3.51. The molecule has 3 N–H and O–H groups in total. The summed E-state index contributed by atoms with van der Waals surface area (Å²) in [5.41, 5.74) is 5.82. The van der Waals surface area contributed by atoms with Crippen LogP contribution in [0.25, 0.3) is 0 Å². The Labute approximate surface area is 140 Å². The topological polar surface area (TPSA) is 126 Å². The summed E-state index contributed by atoms with van der Waals surface area (Å²) in [6.07, 6.45) is 0.0735. The van der Waals surface area contributed by atoms with E-state index in [1.807, 2.05) is 0 Å². The van der Waals surface area contributed by atoms with E-state index in [2.05, 4.69) is 5.32 Å². The van der Waals surface area contributed by atoms with E-state index >= 15 is 0 Å². The fourth-order valence-electron chi connectivity index (χ4n) is 2.16. The fourth-order valence-corrected chi connectivity index (χ4v) is 2.16. The first-order chi connectivity index (χ1) is 11.5. The predicted molar refractivity (Wildman–Crippen MR) is 87.4 cm³/mol.